The van der Waals surface area contributed by atoms with Crippen molar-refractivity contribution < 1.29 is 28.7 Å². The van der Waals surface area contributed by atoms with E-state index in [1.54, 1.807) is 0 Å². The zero-order chi connectivity index (χ0) is 20.1. The lowest BCUT2D eigenvalue weighted by molar-refractivity contribution is -0.156. The van der Waals surface area contributed by atoms with Gasteiger partial charge in [-0.2, -0.15) is 0 Å². The van der Waals surface area contributed by atoms with Crippen molar-refractivity contribution in [3.63, 3.8) is 0 Å². The van der Waals surface area contributed by atoms with Crippen LogP contribution in [0, 0.1) is 0 Å². The van der Waals surface area contributed by atoms with E-state index in [0.717, 1.165) is 35.9 Å². The normalized spacial score (nSPS) is 16.7. The summed E-state index contributed by atoms with van der Waals surface area (Å²) < 4.78 is 10.5. The van der Waals surface area contributed by atoms with Gasteiger partial charge in [0.1, 0.15) is 5.75 Å². The lowest BCUT2D eigenvalue weighted by atomic mass is 10.1. The molecule has 1 fully saturated rings. The van der Waals surface area contributed by atoms with Gasteiger partial charge in [-0.25, -0.2) is 4.79 Å². The average Bonchev–Trinajstić information content (AvgIpc) is 3.26. The minimum Gasteiger partial charge on any atom is -0.482 e. The number of fused-ring (bicyclic) bond motifs is 1. The number of nitrogens with zero attached hydrogens (tertiary/aromatic N) is 1. The van der Waals surface area contributed by atoms with Gasteiger partial charge in [0.15, 0.2) is 12.7 Å². The highest BCUT2D eigenvalue weighted by Gasteiger charge is 2.29. The van der Waals surface area contributed by atoms with Gasteiger partial charge >= 0.3 is 5.97 Å². The second kappa shape index (κ2) is 9.09. The second-order valence-electron chi connectivity index (χ2n) is 6.60. The molecule has 0 bridgehead atoms. The summed E-state index contributed by atoms with van der Waals surface area (Å²) in [5, 5.41) is 2.23. The van der Waals surface area contributed by atoms with Gasteiger partial charge in [-0.15, -0.1) is 0 Å². The smallest absolute Gasteiger partial charge is 0.344 e. The van der Waals surface area contributed by atoms with Crippen LogP contribution in [0.2, 0.25) is 0 Å². The Kier molecular flexibility index (Phi) is 6.56. The zero-order valence-corrected chi connectivity index (χ0v) is 16.4. The van der Waals surface area contributed by atoms with Crippen LogP contribution in [-0.4, -0.2) is 59.5 Å². The summed E-state index contributed by atoms with van der Waals surface area (Å²) in [6.07, 6.45) is 2.22. The van der Waals surface area contributed by atoms with Gasteiger partial charge in [-0.3, -0.25) is 19.3 Å². The monoisotopic (exact) mass is 406 g/mol. The van der Waals surface area contributed by atoms with E-state index in [1.807, 2.05) is 18.2 Å². The predicted molar refractivity (Wildman–Crippen MR) is 102 cm³/mol. The number of rotatable bonds is 8. The number of nitrogens with one attached hydrogen (secondary N) is 1. The van der Waals surface area contributed by atoms with Crippen molar-refractivity contribution in [3.8, 4) is 5.75 Å². The van der Waals surface area contributed by atoms with E-state index in [4.69, 9.17) is 9.47 Å². The molecule has 3 amide bonds. The van der Waals surface area contributed by atoms with Crippen LogP contribution >= 0.6 is 11.8 Å². The summed E-state index contributed by atoms with van der Waals surface area (Å²) in [7, 11) is 0. The maximum atomic E-state index is 12.0. The van der Waals surface area contributed by atoms with Crippen LogP contribution in [0.15, 0.2) is 18.2 Å². The molecular formula is C19H22N2O6S. The Bertz CT molecular complexity index is 781. The Hall–Kier alpha value is -2.55. The molecule has 0 aromatic heterocycles. The molecule has 2 aliphatic rings. The quantitative estimate of drug-likeness (QED) is 0.649. The van der Waals surface area contributed by atoms with Crippen LogP contribution in [0.4, 0.5) is 4.79 Å². The minimum absolute atomic E-state index is 0.0957. The highest BCUT2D eigenvalue weighted by Crippen LogP contribution is 2.26. The fourth-order valence-corrected chi connectivity index (χ4v) is 3.85. The third-order valence-electron chi connectivity index (χ3n) is 4.58. The molecule has 0 unspecified atom stereocenters. The lowest BCUT2D eigenvalue weighted by Gasteiger charge is -2.16. The fraction of sp³-hybridized carbons (Fsp3) is 0.474. The van der Waals surface area contributed by atoms with Crippen LogP contribution in [-0.2, 0) is 32.0 Å². The second-order valence-corrected chi connectivity index (χ2v) is 7.52. The first-order valence-corrected chi connectivity index (χ1v) is 10.1. The molecule has 1 aliphatic heterocycles. The standard InChI is InChI=1S/C19H22N2O6S/c1-12(18(24)20-7-8-21-16(22)11-28-19(21)25)27-17(23)10-26-15-6-5-13-3-2-4-14(13)9-15/h5-6,9,12H,2-4,7-8,10-11H2,1H3,(H,20,24)/t12-/m0/s1. The molecule has 8 nitrogen and oxygen atoms in total. The molecule has 1 atom stereocenters. The lowest BCUT2D eigenvalue weighted by Crippen LogP contribution is -2.42. The van der Waals surface area contributed by atoms with E-state index in [0.29, 0.717) is 5.75 Å². The van der Waals surface area contributed by atoms with Gasteiger partial charge in [-0.1, -0.05) is 17.8 Å². The Labute approximate surface area is 166 Å². The van der Waals surface area contributed by atoms with Crippen LogP contribution < -0.4 is 10.1 Å². The first-order valence-electron chi connectivity index (χ1n) is 9.13. The van der Waals surface area contributed by atoms with Crippen molar-refractivity contribution in [3.05, 3.63) is 29.3 Å². The molecule has 150 valence electrons. The maximum Gasteiger partial charge on any atom is 0.344 e. The number of thioether (sulfide) groups is 1. The first kappa shape index (κ1) is 20.2. The van der Waals surface area contributed by atoms with Crippen molar-refractivity contribution in [2.75, 3.05) is 25.4 Å². The summed E-state index contributed by atoms with van der Waals surface area (Å²) in [5.41, 5.74) is 2.56. The van der Waals surface area contributed by atoms with Gasteiger partial charge in [0.05, 0.1) is 5.75 Å². The third-order valence-corrected chi connectivity index (χ3v) is 5.44. The molecule has 1 heterocycles. The van der Waals surface area contributed by atoms with E-state index < -0.39 is 18.0 Å². The highest BCUT2D eigenvalue weighted by molar-refractivity contribution is 8.14. The van der Waals surface area contributed by atoms with Crippen molar-refractivity contribution in [2.24, 2.45) is 0 Å². The third kappa shape index (κ3) is 5.03. The fourth-order valence-electron chi connectivity index (χ4n) is 3.10. The van der Waals surface area contributed by atoms with E-state index in [1.165, 1.54) is 18.1 Å². The number of ether oxygens (including phenoxy) is 2. The number of carbonyl (C=O) groups excluding carboxylic acids is 4. The molecule has 3 rings (SSSR count). The van der Waals surface area contributed by atoms with E-state index in [2.05, 4.69) is 5.32 Å². The number of carbonyl (C=O) groups is 4. The average molecular weight is 406 g/mol. The van der Waals surface area contributed by atoms with Crippen LogP contribution in [0.5, 0.6) is 5.75 Å². The maximum absolute atomic E-state index is 12.0. The summed E-state index contributed by atoms with van der Waals surface area (Å²) >= 11 is 0.939. The Morgan fingerprint density at radius 3 is 2.79 bits per heavy atom. The molecule has 1 aliphatic carbocycles. The number of imide groups is 1. The largest absolute Gasteiger partial charge is 0.482 e. The van der Waals surface area contributed by atoms with Crippen LogP contribution in [0.1, 0.15) is 24.5 Å². The van der Waals surface area contributed by atoms with Crippen molar-refractivity contribution >= 4 is 34.8 Å². The van der Waals surface area contributed by atoms with Gasteiger partial charge in [0, 0.05) is 13.1 Å². The summed E-state index contributed by atoms with van der Waals surface area (Å²) in [6.45, 7) is 1.36. The Balaban J connectivity index is 1.36. The van der Waals surface area contributed by atoms with Crippen LogP contribution in [0.3, 0.4) is 0 Å². The summed E-state index contributed by atoms with van der Waals surface area (Å²) in [5.74, 6) is -0.688. The molecule has 1 aromatic rings. The number of hydrogen-bond donors (Lipinski definition) is 1. The Morgan fingerprint density at radius 1 is 1.25 bits per heavy atom. The van der Waals surface area contributed by atoms with E-state index in [9.17, 15) is 19.2 Å². The number of amides is 3. The highest BCUT2D eigenvalue weighted by atomic mass is 32.2. The minimum atomic E-state index is -1.00. The SMILES string of the molecule is C[C@H](OC(=O)COc1ccc2c(c1)CCC2)C(=O)NCCN1C(=O)CSC1=O. The first-order chi connectivity index (χ1) is 13.4. The molecule has 0 radical (unpaired) electrons. The topological polar surface area (TPSA) is 102 Å². The van der Waals surface area contributed by atoms with Crippen molar-refractivity contribution in [1.82, 2.24) is 10.2 Å². The van der Waals surface area contributed by atoms with Gasteiger partial charge in [0.25, 0.3) is 11.1 Å². The number of benzene rings is 1. The number of aryl methyl sites for hydroxylation is 2. The molecule has 1 N–H and O–H groups in total. The number of esters is 1. The summed E-state index contributed by atoms with van der Waals surface area (Å²) in [6, 6.07) is 5.77. The van der Waals surface area contributed by atoms with Crippen molar-refractivity contribution in [1.29, 1.82) is 0 Å². The molecule has 0 saturated carbocycles. The molecule has 0 spiro atoms. The molecule has 1 saturated heterocycles. The predicted octanol–water partition coefficient (Wildman–Crippen LogP) is 1.30. The van der Waals surface area contributed by atoms with Crippen molar-refractivity contribution in [2.45, 2.75) is 32.3 Å². The van der Waals surface area contributed by atoms with E-state index in [-0.39, 0.29) is 36.6 Å². The molecular weight excluding hydrogens is 384 g/mol. The van der Waals surface area contributed by atoms with E-state index >= 15 is 0 Å². The van der Waals surface area contributed by atoms with Gasteiger partial charge in [0.2, 0.25) is 5.91 Å². The molecule has 28 heavy (non-hydrogen) atoms. The van der Waals surface area contributed by atoms with Gasteiger partial charge in [-0.05, 0) is 49.4 Å². The molecule has 9 heteroatoms. The van der Waals surface area contributed by atoms with Crippen LogP contribution in [0.25, 0.3) is 0 Å². The number of hydrogen-bond acceptors (Lipinski definition) is 7. The zero-order valence-electron chi connectivity index (χ0n) is 15.6. The molecule has 1 aromatic carbocycles. The van der Waals surface area contributed by atoms with Gasteiger partial charge < -0.3 is 14.8 Å². The summed E-state index contributed by atoms with van der Waals surface area (Å²) in [4.78, 5) is 47.9. The Morgan fingerprint density at radius 2 is 2.04 bits per heavy atom.